The molecule has 132 valence electrons. The number of phenolic OH excluding ortho intramolecular Hbond substituents is 1. The van der Waals surface area contributed by atoms with Gasteiger partial charge in [-0.2, -0.15) is 0 Å². The number of hydrogen-bond acceptors (Lipinski definition) is 8. The second-order valence-electron chi connectivity index (χ2n) is 5.12. The molecule has 10 heteroatoms. The van der Waals surface area contributed by atoms with E-state index < -0.39 is 33.8 Å². The number of cyclic esters (lactones) is 1. The van der Waals surface area contributed by atoms with Gasteiger partial charge in [0.2, 0.25) is 6.10 Å². The fourth-order valence-electron chi connectivity index (χ4n) is 2.17. The minimum absolute atomic E-state index is 0.0859. The summed E-state index contributed by atoms with van der Waals surface area (Å²) in [5, 5.41) is 11.6. The number of rotatable bonds is 5. The maximum atomic E-state index is 12.1. The summed E-state index contributed by atoms with van der Waals surface area (Å²) in [6.07, 6.45) is -0.742. The van der Waals surface area contributed by atoms with Crippen LogP contribution in [0.2, 0.25) is 0 Å². The second-order valence-corrected chi connectivity index (χ2v) is 7.98. The molecule has 1 aromatic heterocycles. The van der Waals surface area contributed by atoms with Gasteiger partial charge in [0.05, 0.1) is 12.3 Å². The Hall–Kier alpha value is -2.59. The summed E-state index contributed by atoms with van der Waals surface area (Å²) >= 11 is 1.05. The second kappa shape index (κ2) is 6.73. The van der Waals surface area contributed by atoms with E-state index in [9.17, 15) is 23.1 Å². The molecule has 8 nitrogen and oxygen atoms in total. The van der Waals surface area contributed by atoms with Crippen LogP contribution in [-0.4, -0.2) is 38.2 Å². The van der Waals surface area contributed by atoms with E-state index in [0.29, 0.717) is 0 Å². The first-order valence-electron chi connectivity index (χ1n) is 7.14. The molecule has 0 aliphatic carbocycles. The molecule has 1 aliphatic rings. The van der Waals surface area contributed by atoms with Crippen LogP contribution in [0.5, 0.6) is 5.75 Å². The predicted octanol–water partition coefficient (Wildman–Crippen LogP) is 1.73. The van der Waals surface area contributed by atoms with Gasteiger partial charge in [-0.05, 0) is 23.6 Å². The Morgan fingerprint density at radius 3 is 2.76 bits per heavy atom. The van der Waals surface area contributed by atoms with Gasteiger partial charge in [-0.15, -0.1) is 11.3 Å². The highest BCUT2D eigenvalue weighted by atomic mass is 32.2. The van der Waals surface area contributed by atoms with Gasteiger partial charge < -0.3 is 14.6 Å². The first-order valence-corrected chi connectivity index (χ1v) is 9.50. The van der Waals surface area contributed by atoms with Gasteiger partial charge in [0.15, 0.2) is 0 Å². The fourth-order valence-corrected chi connectivity index (χ4v) is 4.21. The summed E-state index contributed by atoms with van der Waals surface area (Å²) in [6.45, 7) is 0.173. The van der Waals surface area contributed by atoms with Gasteiger partial charge >= 0.3 is 11.9 Å². The normalized spacial score (nSPS) is 17.1. The van der Waals surface area contributed by atoms with E-state index in [4.69, 9.17) is 4.74 Å². The van der Waals surface area contributed by atoms with Crippen molar-refractivity contribution in [1.29, 1.82) is 0 Å². The third-order valence-electron chi connectivity index (χ3n) is 3.37. The Morgan fingerprint density at radius 1 is 1.36 bits per heavy atom. The molecule has 1 aliphatic heterocycles. The van der Waals surface area contributed by atoms with E-state index >= 15 is 0 Å². The van der Waals surface area contributed by atoms with Gasteiger partial charge in [-0.25, -0.2) is 18.0 Å². The smallest absolute Gasteiger partial charge is 0.347 e. The van der Waals surface area contributed by atoms with Crippen LogP contribution < -0.4 is 4.72 Å². The molecule has 2 aromatic rings. The number of carbonyl (C=O) groups is 2. The van der Waals surface area contributed by atoms with Crippen LogP contribution in [0.1, 0.15) is 16.8 Å². The Kier molecular flexibility index (Phi) is 4.64. The zero-order valence-corrected chi connectivity index (χ0v) is 14.3. The standard InChI is InChI=1S/C15H13NO7S2/c17-11-8-9(16-25(20,21)13-2-1-7-24-13)3-4-10(11)14(18)23-12-5-6-22-15(12)19/h1-4,7-8,12,16-17H,5-6H2/t12-/m1/s1. The van der Waals surface area contributed by atoms with Crippen LogP contribution in [-0.2, 0) is 24.3 Å². The molecule has 1 fully saturated rings. The molecule has 2 heterocycles. The molecule has 0 unspecified atom stereocenters. The van der Waals surface area contributed by atoms with Crippen molar-refractivity contribution in [2.45, 2.75) is 16.7 Å². The number of anilines is 1. The first-order chi connectivity index (χ1) is 11.9. The van der Waals surface area contributed by atoms with Crippen LogP contribution in [0.4, 0.5) is 5.69 Å². The zero-order chi connectivity index (χ0) is 18.0. The Balaban J connectivity index is 1.74. The van der Waals surface area contributed by atoms with Crippen LogP contribution in [0.25, 0.3) is 0 Å². The molecule has 0 saturated carbocycles. The number of thiophene rings is 1. The van der Waals surface area contributed by atoms with Crippen molar-refractivity contribution < 1.29 is 32.6 Å². The van der Waals surface area contributed by atoms with Crippen molar-refractivity contribution in [2.75, 3.05) is 11.3 Å². The quantitative estimate of drug-likeness (QED) is 0.755. The number of ether oxygens (including phenoxy) is 2. The predicted molar refractivity (Wildman–Crippen MR) is 88.0 cm³/mol. The van der Waals surface area contributed by atoms with Crippen LogP contribution in [0.15, 0.2) is 39.9 Å². The van der Waals surface area contributed by atoms with Crippen molar-refractivity contribution in [3.05, 3.63) is 41.3 Å². The lowest BCUT2D eigenvalue weighted by molar-refractivity contribution is -0.145. The van der Waals surface area contributed by atoms with Gasteiger partial charge in [-0.1, -0.05) is 6.07 Å². The molecular formula is C15H13NO7S2. The number of phenols is 1. The third-order valence-corrected chi connectivity index (χ3v) is 6.15. The van der Waals surface area contributed by atoms with E-state index in [1.54, 1.807) is 11.4 Å². The lowest BCUT2D eigenvalue weighted by Gasteiger charge is -2.11. The van der Waals surface area contributed by atoms with Crippen LogP contribution >= 0.6 is 11.3 Å². The molecule has 1 aromatic carbocycles. The van der Waals surface area contributed by atoms with E-state index in [1.165, 1.54) is 18.2 Å². The van der Waals surface area contributed by atoms with Gasteiger partial charge in [0, 0.05) is 12.5 Å². The van der Waals surface area contributed by atoms with Crippen molar-refractivity contribution in [2.24, 2.45) is 0 Å². The number of aromatic hydroxyl groups is 1. The summed E-state index contributed by atoms with van der Waals surface area (Å²) in [5.74, 6) is -2.00. The third kappa shape index (κ3) is 3.74. The van der Waals surface area contributed by atoms with E-state index in [1.807, 2.05) is 0 Å². The number of nitrogens with one attached hydrogen (secondary N) is 1. The largest absolute Gasteiger partial charge is 0.507 e. The summed E-state index contributed by atoms with van der Waals surface area (Å²) in [7, 11) is -3.77. The average Bonchev–Trinajstić information content (AvgIpc) is 3.20. The number of benzene rings is 1. The van der Waals surface area contributed by atoms with E-state index in [2.05, 4.69) is 9.46 Å². The van der Waals surface area contributed by atoms with E-state index in [-0.39, 0.29) is 28.5 Å². The Bertz CT molecular complexity index is 906. The van der Waals surface area contributed by atoms with Crippen molar-refractivity contribution in [3.63, 3.8) is 0 Å². The topological polar surface area (TPSA) is 119 Å². The van der Waals surface area contributed by atoms with Crippen LogP contribution in [0.3, 0.4) is 0 Å². The molecule has 0 radical (unpaired) electrons. The lowest BCUT2D eigenvalue weighted by atomic mass is 10.2. The number of carbonyl (C=O) groups excluding carboxylic acids is 2. The van der Waals surface area contributed by atoms with Crippen LogP contribution in [0, 0.1) is 0 Å². The molecule has 0 amide bonds. The molecule has 1 atom stereocenters. The molecule has 25 heavy (non-hydrogen) atoms. The monoisotopic (exact) mass is 383 g/mol. The average molecular weight is 383 g/mol. The molecule has 2 N–H and O–H groups in total. The van der Waals surface area contributed by atoms with Crippen molar-refractivity contribution in [3.8, 4) is 5.75 Å². The molecule has 3 rings (SSSR count). The maximum absolute atomic E-state index is 12.1. The highest BCUT2D eigenvalue weighted by molar-refractivity contribution is 7.94. The number of esters is 2. The minimum Gasteiger partial charge on any atom is -0.507 e. The SMILES string of the molecule is O=C(O[C@@H]1CCOC1=O)c1ccc(NS(=O)(=O)c2cccs2)cc1O. The summed E-state index contributed by atoms with van der Waals surface area (Å²) < 4.78 is 36.4. The van der Waals surface area contributed by atoms with Gasteiger partial charge in [0.1, 0.15) is 15.5 Å². The summed E-state index contributed by atoms with van der Waals surface area (Å²) in [6, 6.07) is 6.66. The lowest BCUT2D eigenvalue weighted by Crippen LogP contribution is -2.22. The minimum atomic E-state index is -3.77. The summed E-state index contributed by atoms with van der Waals surface area (Å²) in [5.41, 5.74) is -0.0958. The van der Waals surface area contributed by atoms with E-state index in [0.717, 1.165) is 17.4 Å². The molecule has 0 spiro atoms. The highest BCUT2D eigenvalue weighted by Gasteiger charge is 2.31. The Labute approximate surface area is 147 Å². The number of hydrogen-bond donors (Lipinski definition) is 2. The van der Waals surface area contributed by atoms with Gasteiger partial charge in [-0.3, -0.25) is 4.72 Å². The van der Waals surface area contributed by atoms with Crippen molar-refractivity contribution >= 4 is 39.0 Å². The summed E-state index contributed by atoms with van der Waals surface area (Å²) in [4.78, 5) is 23.3. The van der Waals surface area contributed by atoms with Crippen molar-refractivity contribution in [1.82, 2.24) is 0 Å². The van der Waals surface area contributed by atoms with Gasteiger partial charge in [0.25, 0.3) is 10.0 Å². The fraction of sp³-hybridized carbons (Fsp3) is 0.200. The maximum Gasteiger partial charge on any atom is 0.347 e. The zero-order valence-electron chi connectivity index (χ0n) is 12.7. The molecular weight excluding hydrogens is 370 g/mol. The highest BCUT2D eigenvalue weighted by Crippen LogP contribution is 2.26. The molecule has 1 saturated heterocycles. The number of sulfonamides is 1. The molecule has 0 bridgehead atoms. The first kappa shape index (κ1) is 17.2. The Morgan fingerprint density at radius 2 is 2.16 bits per heavy atom.